The number of likely N-dealkylation sites (tertiary alicyclic amines) is 1. The molecule has 2 aliphatic rings. The summed E-state index contributed by atoms with van der Waals surface area (Å²) >= 11 is 0. The lowest BCUT2D eigenvalue weighted by molar-refractivity contribution is -0.146. The van der Waals surface area contributed by atoms with Crippen molar-refractivity contribution < 1.29 is 46.7 Å². The second-order valence-corrected chi connectivity index (χ2v) is 20.8. The van der Waals surface area contributed by atoms with E-state index in [1.165, 1.54) is 18.0 Å². The number of benzene rings is 1. The van der Waals surface area contributed by atoms with Gasteiger partial charge in [-0.05, 0) is 36.7 Å². The number of likely N-dealkylation sites (N-methyl/N-ethyl adjacent to an activating group) is 1. The minimum atomic E-state index is -4.21. The van der Waals surface area contributed by atoms with E-state index in [-0.39, 0.29) is 56.0 Å². The van der Waals surface area contributed by atoms with E-state index in [1.54, 1.807) is 61.2 Å². The Balaban J connectivity index is 1.45. The van der Waals surface area contributed by atoms with E-state index >= 15 is 0 Å². The summed E-state index contributed by atoms with van der Waals surface area (Å²) in [6.45, 7) is 10.1. The Morgan fingerprint density at radius 1 is 0.929 bits per heavy atom. The Kier molecular flexibility index (Phi) is 21.1. The number of imide groups is 1. The summed E-state index contributed by atoms with van der Waals surface area (Å²) in [7, 11) is 8.05. The average molecular weight is 998 g/mol. The largest absolute Gasteiger partial charge is 0.379 e. The number of ether oxygens (including phenoxy) is 2. The van der Waals surface area contributed by atoms with Gasteiger partial charge in [-0.25, -0.2) is 13.4 Å². The predicted octanol–water partition coefficient (Wildman–Crippen LogP) is 1.69. The van der Waals surface area contributed by atoms with Crippen molar-refractivity contribution in [2.24, 2.45) is 22.7 Å². The second-order valence-electron chi connectivity index (χ2n) is 19.0. The minimum Gasteiger partial charge on any atom is -0.379 e. The second kappa shape index (κ2) is 25.9. The number of aromatic nitrogens is 3. The molecule has 0 bridgehead atoms. The number of methoxy groups -OCH3 is 2. The number of sulfonamides is 1. The Morgan fingerprint density at radius 3 is 2.14 bits per heavy atom. The first-order valence-corrected chi connectivity index (χ1v) is 25.5. The molecular formula is C48H75N11O10S. The number of nitrogens with one attached hydrogen (secondary N) is 2. The summed E-state index contributed by atoms with van der Waals surface area (Å²) in [5, 5.41) is 10.7. The number of hydrogen-bond acceptors (Lipinski definition) is 13. The van der Waals surface area contributed by atoms with E-state index in [1.807, 2.05) is 65.7 Å². The molecule has 0 saturated carbocycles. The van der Waals surface area contributed by atoms with Gasteiger partial charge in [-0.3, -0.25) is 43.1 Å². The highest BCUT2D eigenvalue weighted by atomic mass is 32.2. The number of aliphatic imine (C=N–C) groups is 1. The summed E-state index contributed by atoms with van der Waals surface area (Å²) in [6.07, 6.45) is 4.23. The van der Waals surface area contributed by atoms with Crippen LogP contribution in [0.3, 0.4) is 0 Å². The van der Waals surface area contributed by atoms with Crippen LogP contribution in [0.15, 0.2) is 53.7 Å². The van der Waals surface area contributed by atoms with Crippen LogP contribution in [0.2, 0.25) is 0 Å². The molecule has 1 saturated heterocycles. The van der Waals surface area contributed by atoms with Crippen LogP contribution in [-0.4, -0.2) is 187 Å². The molecule has 70 heavy (non-hydrogen) atoms. The van der Waals surface area contributed by atoms with Gasteiger partial charge in [-0.15, -0.1) is 5.10 Å². The third kappa shape index (κ3) is 15.1. The standard InChI is InChI=1S/C48H75N11O10S/c1-13-32(4)43(56(10)47(65)42(31(2)3)50-48(54(6)7)55(8)9)38(68-11)28-41(62)58-25-17-21-37(58)44(69-12)33(5)45(63)49-36(27-34-19-15-14-16-20-34)46(64)52-70(66,67)26-18-24-57-29-35(51-53-57)30-59-39(60)22-23-40(59)61/h14-16,19-20,22-23,29,31-33,36-38,42-44H,13,17-18,21,24-28,30H2,1-12H3,(H,49,63)(H,52,64)/t32-,33?,36-,37?,38?,42-,43?,44+/m0/s1. The smallest absolute Gasteiger partial charge is 0.256 e. The van der Waals surface area contributed by atoms with Crippen LogP contribution in [-0.2, 0) is 67.8 Å². The number of rotatable bonds is 25. The third-order valence-electron chi connectivity index (χ3n) is 13.0. The lowest BCUT2D eigenvalue weighted by Gasteiger charge is -2.40. The molecule has 0 spiro atoms. The molecule has 1 aromatic carbocycles. The molecule has 4 rings (SSSR count). The van der Waals surface area contributed by atoms with Crippen LogP contribution in [0.5, 0.6) is 0 Å². The monoisotopic (exact) mass is 998 g/mol. The summed E-state index contributed by atoms with van der Waals surface area (Å²) in [6, 6.07) is 5.88. The van der Waals surface area contributed by atoms with E-state index in [2.05, 4.69) is 20.4 Å². The van der Waals surface area contributed by atoms with Gasteiger partial charge in [-0.2, -0.15) is 0 Å². The number of hydrogen-bond donors (Lipinski definition) is 2. The molecule has 0 radical (unpaired) electrons. The highest BCUT2D eigenvalue weighted by Crippen LogP contribution is 2.30. The van der Waals surface area contributed by atoms with Crippen molar-refractivity contribution in [3.8, 4) is 0 Å². The van der Waals surface area contributed by atoms with Crippen LogP contribution >= 0.6 is 0 Å². The number of amides is 6. The van der Waals surface area contributed by atoms with Gasteiger partial charge < -0.3 is 34.4 Å². The van der Waals surface area contributed by atoms with Crippen molar-refractivity contribution in [2.75, 3.05) is 61.8 Å². The fourth-order valence-corrected chi connectivity index (χ4v) is 10.1. The molecular weight excluding hydrogens is 923 g/mol. The van der Waals surface area contributed by atoms with E-state index in [9.17, 15) is 37.2 Å². The number of nitrogens with zero attached hydrogens (tertiary/aromatic N) is 9. The van der Waals surface area contributed by atoms with Gasteiger partial charge in [0.25, 0.3) is 17.7 Å². The normalized spacial score (nSPS) is 17.9. The maximum Gasteiger partial charge on any atom is 0.256 e. The Morgan fingerprint density at radius 2 is 1.57 bits per heavy atom. The van der Waals surface area contributed by atoms with Crippen molar-refractivity contribution in [2.45, 2.75) is 123 Å². The molecule has 4 unspecified atom stereocenters. The van der Waals surface area contributed by atoms with E-state index < -0.39 is 81.7 Å². The van der Waals surface area contributed by atoms with E-state index in [0.29, 0.717) is 43.0 Å². The molecule has 2 N–H and O–H groups in total. The van der Waals surface area contributed by atoms with Gasteiger partial charge in [0.1, 0.15) is 17.8 Å². The lowest BCUT2D eigenvalue weighted by Crippen LogP contribution is -2.56. The molecule has 2 aromatic rings. The lowest BCUT2D eigenvalue weighted by atomic mass is 9.89. The van der Waals surface area contributed by atoms with Crippen LogP contribution in [0.25, 0.3) is 0 Å². The molecule has 388 valence electrons. The van der Waals surface area contributed by atoms with Crippen LogP contribution < -0.4 is 10.0 Å². The Bertz CT molecular complexity index is 2260. The van der Waals surface area contributed by atoms with Crippen molar-refractivity contribution in [3.63, 3.8) is 0 Å². The summed E-state index contributed by atoms with van der Waals surface area (Å²) < 4.78 is 42.1. The molecule has 22 heteroatoms. The quantitative estimate of drug-likeness (QED) is 0.0819. The summed E-state index contributed by atoms with van der Waals surface area (Å²) in [5.41, 5.74) is 1.01. The minimum absolute atomic E-state index is 0.0188. The zero-order valence-corrected chi connectivity index (χ0v) is 43.7. The first kappa shape index (κ1) is 56.8. The highest BCUT2D eigenvalue weighted by Gasteiger charge is 2.43. The van der Waals surface area contributed by atoms with Gasteiger partial charge in [0, 0.05) is 81.1 Å². The van der Waals surface area contributed by atoms with Crippen molar-refractivity contribution in [3.05, 3.63) is 59.9 Å². The van der Waals surface area contributed by atoms with Crippen molar-refractivity contribution in [1.29, 1.82) is 0 Å². The number of guanidine groups is 1. The highest BCUT2D eigenvalue weighted by molar-refractivity contribution is 7.90. The Labute approximate surface area is 413 Å². The molecule has 21 nitrogen and oxygen atoms in total. The molecule has 0 aliphatic carbocycles. The zero-order chi connectivity index (χ0) is 52.0. The van der Waals surface area contributed by atoms with E-state index in [4.69, 9.17) is 14.5 Å². The van der Waals surface area contributed by atoms with Gasteiger partial charge in [-0.1, -0.05) is 76.6 Å². The first-order chi connectivity index (χ1) is 33.0. The first-order valence-electron chi connectivity index (χ1n) is 23.9. The van der Waals surface area contributed by atoms with Gasteiger partial charge in [0.15, 0.2) is 5.96 Å². The molecule has 2 aliphatic heterocycles. The number of carbonyl (C=O) groups excluding carboxylic acids is 6. The molecule has 1 aromatic heterocycles. The topological polar surface area (TPSA) is 238 Å². The fraction of sp³-hybridized carbons (Fsp3) is 0.646. The summed E-state index contributed by atoms with van der Waals surface area (Å²) in [5.74, 6) is -3.72. The Hall–Kier alpha value is -5.74. The maximum atomic E-state index is 14.4. The molecule has 3 heterocycles. The zero-order valence-electron chi connectivity index (χ0n) is 42.9. The van der Waals surface area contributed by atoms with Crippen LogP contribution in [0, 0.1) is 17.8 Å². The molecule has 6 amide bonds. The van der Waals surface area contributed by atoms with E-state index in [0.717, 1.165) is 17.1 Å². The van der Waals surface area contributed by atoms with Crippen LogP contribution in [0.1, 0.15) is 78.0 Å². The third-order valence-corrected chi connectivity index (χ3v) is 14.3. The van der Waals surface area contributed by atoms with Gasteiger partial charge >= 0.3 is 0 Å². The molecule has 1 fully saturated rings. The van der Waals surface area contributed by atoms with Crippen molar-refractivity contribution in [1.82, 2.24) is 49.5 Å². The maximum absolute atomic E-state index is 14.4. The number of carbonyl (C=O) groups is 6. The van der Waals surface area contributed by atoms with Crippen molar-refractivity contribution >= 4 is 51.4 Å². The summed E-state index contributed by atoms with van der Waals surface area (Å²) in [4.78, 5) is 93.6. The average Bonchev–Trinajstić information content (AvgIpc) is 4.06. The van der Waals surface area contributed by atoms with Crippen LogP contribution in [0.4, 0.5) is 0 Å². The number of aryl methyl sites for hydroxylation is 1. The fourth-order valence-electron chi connectivity index (χ4n) is 9.08. The predicted molar refractivity (Wildman–Crippen MR) is 263 cm³/mol. The SMILES string of the molecule is CC[C@H](C)C(C(CC(=O)N1CCCC1[C@H](OC)C(C)C(=O)N[C@@H](Cc1ccccc1)C(=O)NS(=O)(=O)CCCn1cc(CN2C(=O)C=CC2=O)nn1)OC)N(C)C(=O)[C@@H](N=C(N(C)C)N(C)C)C(C)C. The molecule has 8 atom stereocenters. The van der Waals surface area contributed by atoms with Gasteiger partial charge in [0.05, 0.1) is 55.1 Å². The van der Waals surface area contributed by atoms with Gasteiger partial charge in [0.2, 0.25) is 27.7 Å².